The summed E-state index contributed by atoms with van der Waals surface area (Å²) >= 11 is 3.15. The minimum Gasteiger partial charge on any atom is -0.316 e. The molecule has 0 saturated carbocycles. The number of alkyl halides is 1. The van der Waals surface area contributed by atoms with E-state index >= 15 is 0 Å². The Balaban J connectivity index is 2.47. The molecule has 0 radical (unpaired) electrons. The third-order valence-corrected chi connectivity index (χ3v) is 5.49. The Morgan fingerprint density at radius 1 is 1.18 bits per heavy atom. The lowest BCUT2D eigenvalue weighted by atomic mass is 10.1. The fourth-order valence-corrected chi connectivity index (χ4v) is 3.74. The first kappa shape index (κ1) is 17.1. The minimum absolute atomic E-state index is 0.0163. The summed E-state index contributed by atoms with van der Waals surface area (Å²) in [6.07, 6.45) is 1.06. The van der Waals surface area contributed by atoms with Gasteiger partial charge in [0, 0.05) is 11.8 Å². The van der Waals surface area contributed by atoms with Crippen LogP contribution in [0.15, 0.2) is 40.6 Å². The van der Waals surface area contributed by atoms with Crippen molar-refractivity contribution in [2.45, 2.75) is 4.90 Å². The number of hydrogen-bond acceptors (Lipinski definition) is 5. The molecule has 0 aliphatic rings. The quantitative estimate of drug-likeness (QED) is 0.433. The molecule has 22 heavy (non-hydrogen) atoms. The van der Waals surface area contributed by atoms with Gasteiger partial charge in [-0.05, 0) is 23.6 Å². The lowest BCUT2D eigenvalue weighted by Crippen LogP contribution is -2.15. The second-order valence-electron chi connectivity index (χ2n) is 4.44. The van der Waals surface area contributed by atoms with Crippen molar-refractivity contribution >= 4 is 60.5 Å². The number of thiophene rings is 1. The van der Waals surface area contributed by atoms with Crippen molar-refractivity contribution in [2.75, 3.05) is 16.0 Å². The van der Waals surface area contributed by atoms with Gasteiger partial charge in [0.2, 0.25) is 5.91 Å². The Morgan fingerprint density at radius 3 is 2.50 bits per heavy atom. The Hall–Kier alpha value is -1.26. The highest BCUT2D eigenvalue weighted by atomic mass is 127. The Labute approximate surface area is 145 Å². The number of amides is 1. The molecule has 2 aromatic rings. The maximum Gasteiger partial charge on any atom is 0.234 e. The number of benzene rings is 1. The van der Waals surface area contributed by atoms with Crippen molar-refractivity contribution in [1.82, 2.24) is 0 Å². The van der Waals surface area contributed by atoms with Crippen LogP contribution in [0.25, 0.3) is 0 Å². The molecule has 1 aromatic carbocycles. The lowest BCUT2D eigenvalue weighted by molar-refractivity contribution is -0.113. The topological polar surface area (TPSA) is 80.3 Å². The summed E-state index contributed by atoms with van der Waals surface area (Å²) in [4.78, 5) is 24.1. The Kier molecular flexibility index (Phi) is 5.35. The third kappa shape index (κ3) is 3.73. The number of hydrogen-bond donors (Lipinski definition) is 1. The van der Waals surface area contributed by atoms with E-state index in [1.54, 1.807) is 23.6 Å². The van der Waals surface area contributed by atoms with Crippen LogP contribution in [-0.2, 0) is 14.6 Å². The summed E-state index contributed by atoms with van der Waals surface area (Å²) in [7, 11) is -3.52. The number of halogens is 1. The van der Waals surface area contributed by atoms with Crippen LogP contribution in [0.1, 0.15) is 15.9 Å². The Bertz CT molecular complexity index is 827. The second-order valence-corrected chi connectivity index (χ2v) is 8.11. The molecule has 0 aliphatic carbocycles. The summed E-state index contributed by atoms with van der Waals surface area (Å²) in [5, 5.41) is 4.76. The summed E-state index contributed by atoms with van der Waals surface area (Å²) < 4.78 is 23.9. The molecule has 0 aliphatic heterocycles. The van der Waals surface area contributed by atoms with Crippen molar-refractivity contribution in [3.05, 3.63) is 46.8 Å². The molecule has 0 spiro atoms. The van der Waals surface area contributed by atoms with Crippen LogP contribution in [-0.4, -0.2) is 30.8 Å². The summed E-state index contributed by atoms with van der Waals surface area (Å²) in [6, 6.07) is 7.63. The highest BCUT2D eigenvalue weighted by Crippen LogP contribution is 2.28. The number of sulfone groups is 1. The number of carbonyl (C=O) groups excluding carboxylic acids is 2. The van der Waals surface area contributed by atoms with E-state index in [1.807, 2.05) is 22.6 Å². The smallest absolute Gasteiger partial charge is 0.234 e. The molecule has 0 unspecified atom stereocenters. The van der Waals surface area contributed by atoms with Crippen LogP contribution < -0.4 is 5.32 Å². The van der Waals surface area contributed by atoms with Crippen molar-refractivity contribution in [2.24, 2.45) is 0 Å². The van der Waals surface area contributed by atoms with Crippen LogP contribution >= 0.6 is 33.9 Å². The van der Waals surface area contributed by atoms with Gasteiger partial charge in [0.1, 0.15) is 5.00 Å². The third-order valence-electron chi connectivity index (χ3n) is 2.82. The molecule has 1 heterocycles. The molecule has 2 rings (SSSR count). The van der Waals surface area contributed by atoms with E-state index in [1.165, 1.54) is 23.5 Å². The SMILES string of the molecule is CS(=O)(=O)c1ccccc1C(=O)c1ccsc1NC(=O)CI. The number of anilines is 1. The predicted molar refractivity (Wildman–Crippen MR) is 94.8 cm³/mol. The molecule has 8 heteroatoms. The first-order valence-corrected chi connectivity index (χ1v) is 10.4. The van der Waals surface area contributed by atoms with Crippen molar-refractivity contribution in [3.63, 3.8) is 0 Å². The van der Waals surface area contributed by atoms with Gasteiger partial charge in [0.15, 0.2) is 15.6 Å². The molecule has 0 fully saturated rings. The second kappa shape index (κ2) is 6.88. The van der Waals surface area contributed by atoms with Crippen LogP contribution in [0.2, 0.25) is 0 Å². The molecule has 0 bridgehead atoms. The van der Waals surface area contributed by atoms with Crippen LogP contribution in [0.4, 0.5) is 5.00 Å². The number of rotatable bonds is 5. The molecular formula is C14H12INO4S2. The number of carbonyl (C=O) groups is 2. The van der Waals surface area contributed by atoms with Gasteiger partial charge in [0.05, 0.1) is 14.9 Å². The zero-order valence-electron chi connectivity index (χ0n) is 11.5. The van der Waals surface area contributed by atoms with Gasteiger partial charge in [-0.15, -0.1) is 11.3 Å². The van der Waals surface area contributed by atoms with E-state index < -0.39 is 15.6 Å². The van der Waals surface area contributed by atoms with Crippen molar-refractivity contribution < 1.29 is 18.0 Å². The van der Waals surface area contributed by atoms with Gasteiger partial charge in [-0.1, -0.05) is 34.7 Å². The normalized spacial score (nSPS) is 11.2. The molecule has 1 amide bonds. The largest absolute Gasteiger partial charge is 0.316 e. The highest BCUT2D eigenvalue weighted by Gasteiger charge is 2.22. The van der Waals surface area contributed by atoms with Gasteiger partial charge in [-0.25, -0.2) is 8.42 Å². The predicted octanol–water partition coefficient (Wildman–Crippen LogP) is 2.76. The van der Waals surface area contributed by atoms with Crippen molar-refractivity contribution in [1.29, 1.82) is 0 Å². The van der Waals surface area contributed by atoms with E-state index in [0.717, 1.165) is 6.26 Å². The van der Waals surface area contributed by atoms with Crippen LogP contribution in [0.5, 0.6) is 0 Å². The molecule has 0 saturated heterocycles. The number of ketones is 1. The van der Waals surface area contributed by atoms with E-state index in [0.29, 0.717) is 10.6 Å². The van der Waals surface area contributed by atoms with Crippen molar-refractivity contribution in [3.8, 4) is 0 Å². The van der Waals surface area contributed by atoms with E-state index in [-0.39, 0.29) is 20.8 Å². The molecule has 1 N–H and O–H groups in total. The minimum atomic E-state index is -3.52. The summed E-state index contributed by atoms with van der Waals surface area (Å²) in [5.41, 5.74) is 0.396. The highest BCUT2D eigenvalue weighted by molar-refractivity contribution is 14.1. The first-order valence-electron chi connectivity index (χ1n) is 6.11. The standard InChI is InChI=1S/C14H12INO4S2/c1-22(19,20)11-5-3-2-4-9(11)13(18)10-6-7-21-14(10)16-12(17)8-15/h2-7H,8H2,1H3,(H,16,17). The van der Waals surface area contributed by atoms with Gasteiger partial charge in [0.25, 0.3) is 0 Å². The fourth-order valence-electron chi connectivity index (χ4n) is 1.87. The maximum absolute atomic E-state index is 12.7. The summed E-state index contributed by atoms with van der Waals surface area (Å²) in [6.45, 7) is 0. The fraction of sp³-hybridized carbons (Fsp3) is 0.143. The number of nitrogens with one attached hydrogen (secondary N) is 1. The summed E-state index contributed by atoms with van der Waals surface area (Å²) in [5.74, 6) is -0.639. The molecule has 1 aromatic heterocycles. The van der Waals surface area contributed by atoms with Gasteiger partial charge >= 0.3 is 0 Å². The van der Waals surface area contributed by atoms with Gasteiger partial charge < -0.3 is 5.32 Å². The van der Waals surface area contributed by atoms with Gasteiger partial charge in [-0.2, -0.15) is 0 Å². The van der Waals surface area contributed by atoms with E-state index in [4.69, 9.17) is 0 Å². The zero-order chi connectivity index (χ0) is 16.3. The Morgan fingerprint density at radius 2 is 1.86 bits per heavy atom. The lowest BCUT2D eigenvalue weighted by Gasteiger charge is -2.08. The van der Waals surface area contributed by atoms with Crippen LogP contribution in [0.3, 0.4) is 0 Å². The molecule has 0 atom stereocenters. The zero-order valence-corrected chi connectivity index (χ0v) is 15.3. The molecular weight excluding hydrogens is 437 g/mol. The molecule has 5 nitrogen and oxygen atoms in total. The molecule has 116 valence electrons. The average Bonchev–Trinajstić information content (AvgIpc) is 2.93. The average molecular weight is 449 g/mol. The maximum atomic E-state index is 12.7. The van der Waals surface area contributed by atoms with E-state index in [2.05, 4.69) is 5.32 Å². The monoisotopic (exact) mass is 449 g/mol. The van der Waals surface area contributed by atoms with Crippen LogP contribution in [0, 0.1) is 0 Å². The first-order chi connectivity index (χ1) is 10.3. The van der Waals surface area contributed by atoms with E-state index in [9.17, 15) is 18.0 Å². The van der Waals surface area contributed by atoms with Gasteiger partial charge in [-0.3, -0.25) is 9.59 Å².